The molecule has 0 aliphatic heterocycles. The van der Waals surface area contributed by atoms with Crippen molar-refractivity contribution in [2.75, 3.05) is 0 Å². The van der Waals surface area contributed by atoms with Crippen LogP contribution in [0.2, 0.25) is 0 Å². The Morgan fingerprint density at radius 3 is 2.59 bits per heavy atom. The maximum Gasteiger partial charge on any atom is 0.0996 e. The molecule has 1 N–H and O–H groups in total. The number of benzene rings is 1. The molecule has 0 fully saturated rings. The van der Waals surface area contributed by atoms with Gasteiger partial charge in [0.2, 0.25) is 0 Å². The van der Waals surface area contributed by atoms with Gasteiger partial charge in [0.15, 0.2) is 0 Å². The monoisotopic (exact) mass is 230 g/mol. The van der Waals surface area contributed by atoms with E-state index in [1.165, 1.54) is 0 Å². The van der Waals surface area contributed by atoms with Gasteiger partial charge in [-0.05, 0) is 19.4 Å². The number of aliphatic hydroxyl groups excluding tert-OH is 1. The molecule has 90 valence electrons. The molecule has 3 heteroatoms. The summed E-state index contributed by atoms with van der Waals surface area (Å²) < 4.78 is 2.01. The summed E-state index contributed by atoms with van der Waals surface area (Å²) in [4.78, 5) is 4.11. The molecule has 0 bridgehead atoms. The Bertz CT molecular complexity index is 462. The SMILES string of the molecule is CC(C)n1cncc1C(O)Cc1ccccc1. The van der Waals surface area contributed by atoms with Gasteiger partial charge in [0.05, 0.1) is 24.3 Å². The molecular formula is C14H18N2O. The maximum atomic E-state index is 10.2. The van der Waals surface area contributed by atoms with Crippen LogP contribution in [0.5, 0.6) is 0 Å². The van der Waals surface area contributed by atoms with E-state index >= 15 is 0 Å². The molecule has 17 heavy (non-hydrogen) atoms. The Balaban J connectivity index is 2.15. The zero-order chi connectivity index (χ0) is 12.3. The van der Waals surface area contributed by atoms with Crippen LogP contribution in [-0.4, -0.2) is 14.7 Å². The summed E-state index contributed by atoms with van der Waals surface area (Å²) in [5, 5.41) is 10.2. The first-order valence-corrected chi connectivity index (χ1v) is 5.92. The summed E-state index contributed by atoms with van der Waals surface area (Å²) in [6, 6.07) is 10.3. The number of hydrogen-bond acceptors (Lipinski definition) is 2. The van der Waals surface area contributed by atoms with Crippen molar-refractivity contribution in [1.82, 2.24) is 9.55 Å². The molecule has 0 spiro atoms. The minimum Gasteiger partial charge on any atom is -0.386 e. The van der Waals surface area contributed by atoms with Gasteiger partial charge in [-0.15, -0.1) is 0 Å². The van der Waals surface area contributed by atoms with Crippen LogP contribution >= 0.6 is 0 Å². The molecule has 0 aliphatic rings. The normalized spacial score (nSPS) is 12.9. The first-order chi connectivity index (χ1) is 8.18. The number of rotatable bonds is 4. The van der Waals surface area contributed by atoms with Gasteiger partial charge in [-0.3, -0.25) is 0 Å². The van der Waals surface area contributed by atoms with Crippen molar-refractivity contribution in [3.05, 3.63) is 54.1 Å². The summed E-state index contributed by atoms with van der Waals surface area (Å²) >= 11 is 0. The van der Waals surface area contributed by atoms with Gasteiger partial charge < -0.3 is 9.67 Å². The molecule has 3 nitrogen and oxygen atoms in total. The highest BCUT2D eigenvalue weighted by Crippen LogP contribution is 2.20. The number of imidazole rings is 1. The third kappa shape index (κ3) is 2.74. The Morgan fingerprint density at radius 1 is 1.24 bits per heavy atom. The lowest BCUT2D eigenvalue weighted by Crippen LogP contribution is -2.10. The third-order valence-electron chi connectivity index (χ3n) is 2.87. The number of aliphatic hydroxyl groups is 1. The minimum absolute atomic E-state index is 0.318. The van der Waals surface area contributed by atoms with Crippen LogP contribution in [-0.2, 0) is 6.42 Å². The summed E-state index contributed by atoms with van der Waals surface area (Å²) in [5.74, 6) is 0. The highest BCUT2D eigenvalue weighted by molar-refractivity contribution is 5.18. The first kappa shape index (κ1) is 11.9. The average Bonchev–Trinajstić information content (AvgIpc) is 2.79. The number of hydrogen-bond donors (Lipinski definition) is 1. The lowest BCUT2D eigenvalue weighted by atomic mass is 10.1. The van der Waals surface area contributed by atoms with Crippen molar-refractivity contribution in [2.24, 2.45) is 0 Å². The fraction of sp³-hybridized carbons (Fsp3) is 0.357. The molecule has 1 heterocycles. The van der Waals surface area contributed by atoms with Crippen molar-refractivity contribution >= 4 is 0 Å². The zero-order valence-corrected chi connectivity index (χ0v) is 10.2. The highest BCUT2D eigenvalue weighted by Gasteiger charge is 2.14. The molecule has 2 aromatic rings. The van der Waals surface area contributed by atoms with Crippen molar-refractivity contribution in [3.63, 3.8) is 0 Å². The van der Waals surface area contributed by atoms with Gasteiger partial charge in [0, 0.05) is 12.5 Å². The maximum absolute atomic E-state index is 10.2. The molecule has 0 saturated heterocycles. The van der Waals surface area contributed by atoms with Gasteiger partial charge in [0.25, 0.3) is 0 Å². The fourth-order valence-corrected chi connectivity index (χ4v) is 1.95. The van der Waals surface area contributed by atoms with Crippen LogP contribution in [0.4, 0.5) is 0 Å². The van der Waals surface area contributed by atoms with Crippen LogP contribution in [0.15, 0.2) is 42.9 Å². The van der Waals surface area contributed by atoms with E-state index in [1.807, 2.05) is 34.9 Å². The van der Waals surface area contributed by atoms with Crippen molar-refractivity contribution < 1.29 is 5.11 Å². The minimum atomic E-state index is -0.498. The fourth-order valence-electron chi connectivity index (χ4n) is 1.95. The molecule has 1 unspecified atom stereocenters. The molecule has 0 aliphatic carbocycles. The van der Waals surface area contributed by atoms with E-state index in [0.29, 0.717) is 12.5 Å². The lowest BCUT2D eigenvalue weighted by Gasteiger charge is -2.16. The zero-order valence-electron chi connectivity index (χ0n) is 10.2. The lowest BCUT2D eigenvalue weighted by molar-refractivity contribution is 0.167. The molecular weight excluding hydrogens is 212 g/mol. The molecule has 2 rings (SSSR count). The number of nitrogens with zero attached hydrogens (tertiary/aromatic N) is 2. The van der Waals surface area contributed by atoms with E-state index in [9.17, 15) is 5.11 Å². The van der Waals surface area contributed by atoms with E-state index in [2.05, 4.69) is 18.8 Å². The highest BCUT2D eigenvalue weighted by atomic mass is 16.3. The molecule has 0 radical (unpaired) electrons. The summed E-state index contributed by atoms with van der Waals surface area (Å²) in [6.07, 6.45) is 3.64. The predicted molar refractivity (Wildman–Crippen MR) is 67.7 cm³/mol. The molecule has 1 aromatic heterocycles. The van der Waals surface area contributed by atoms with Crippen LogP contribution in [0.3, 0.4) is 0 Å². The Kier molecular flexibility index (Phi) is 3.59. The van der Waals surface area contributed by atoms with Crippen molar-refractivity contribution in [1.29, 1.82) is 0 Å². The summed E-state index contributed by atoms with van der Waals surface area (Å²) in [5.41, 5.74) is 2.01. The van der Waals surface area contributed by atoms with Gasteiger partial charge in [-0.1, -0.05) is 30.3 Å². The largest absolute Gasteiger partial charge is 0.386 e. The molecule has 0 amide bonds. The van der Waals surface area contributed by atoms with E-state index in [0.717, 1.165) is 11.3 Å². The quantitative estimate of drug-likeness (QED) is 0.877. The van der Waals surface area contributed by atoms with Gasteiger partial charge in [-0.25, -0.2) is 4.98 Å². The average molecular weight is 230 g/mol. The van der Waals surface area contributed by atoms with Gasteiger partial charge in [-0.2, -0.15) is 0 Å². The van der Waals surface area contributed by atoms with Crippen molar-refractivity contribution in [2.45, 2.75) is 32.4 Å². The van der Waals surface area contributed by atoms with Gasteiger partial charge >= 0.3 is 0 Å². The van der Waals surface area contributed by atoms with E-state index in [4.69, 9.17) is 0 Å². The molecule has 1 atom stereocenters. The van der Waals surface area contributed by atoms with Gasteiger partial charge in [0.1, 0.15) is 0 Å². The van der Waals surface area contributed by atoms with E-state index in [-0.39, 0.29) is 0 Å². The van der Waals surface area contributed by atoms with E-state index < -0.39 is 6.10 Å². The summed E-state index contributed by atoms with van der Waals surface area (Å²) in [7, 11) is 0. The third-order valence-corrected chi connectivity index (χ3v) is 2.87. The van der Waals surface area contributed by atoms with Crippen LogP contribution in [0.1, 0.15) is 37.3 Å². The van der Waals surface area contributed by atoms with Crippen LogP contribution < -0.4 is 0 Å². The standard InChI is InChI=1S/C14H18N2O/c1-11(2)16-10-15-9-13(16)14(17)8-12-6-4-3-5-7-12/h3-7,9-11,14,17H,8H2,1-2H3. The summed E-state index contributed by atoms with van der Waals surface area (Å²) in [6.45, 7) is 4.17. The predicted octanol–water partition coefficient (Wildman–Crippen LogP) is 2.74. The molecule has 0 saturated carbocycles. The molecule has 1 aromatic carbocycles. The Labute approximate surface area is 102 Å². The first-order valence-electron chi connectivity index (χ1n) is 5.92. The van der Waals surface area contributed by atoms with E-state index in [1.54, 1.807) is 12.5 Å². The van der Waals surface area contributed by atoms with Crippen LogP contribution in [0.25, 0.3) is 0 Å². The second-order valence-corrected chi connectivity index (χ2v) is 4.53. The smallest absolute Gasteiger partial charge is 0.0996 e. The van der Waals surface area contributed by atoms with Crippen LogP contribution in [0, 0.1) is 0 Å². The van der Waals surface area contributed by atoms with Crippen molar-refractivity contribution in [3.8, 4) is 0 Å². The Hall–Kier alpha value is -1.61. The number of aromatic nitrogens is 2. The second kappa shape index (κ2) is 5.15. The second-order valence-electron chi connectivity index (χ2n) is 4.53. The topological polar surface area (TPSA) is 38.0 Å². The Morgan fingerprint density at radius 2 is 1.94 bits per heavy atom.